The molecule has 0 aliphatic carbocycles. The number of rotatable bonds is 4. The number of ether oxygens (including phenoxy) is 1. The van der Waals surface area contributed by atoms with E-state index in [0.29, 0.717) is 22.4 Å². The Morgan fingerprint density at radius 1 is 1.24 bits per heavy atom. The van der Waals surface area contributed by atoms with E-state index in [1.54, 1.807) is 0 Å². The fourth-order valence-corrected chi connectivity index (χ4v) is 2.90. The molecule has 1 unspecified atom stereocenters. The summed E-state index contributed by atoms with van der Waals surface area (Å²) in [5, 5.41) is 0.0410. The van der Waals surface area contributed by atoms with Gasteiger partial charge in [-0.3, -0.25) is 0 Å². The average molecular weight is 438 g/mol. The van der Waals surface area contributed by atoms with Crippen molar-refractivity contribution >= 4 is 43.5 Å². The summed E-state index contributed by atoms with van der Waals surface area (Å²) in [6.07, 6.45) is 0.663. The Balaban J connectivity index is 2.38. The lowest BCUT2D eigenvalue weighted by molar-refractivity contribution is 0.465. The molecule has 2 rings (SSSR count). The van der Waals surface area contributed by atoms with Gasteiger partial charge in [0.25, 0.3) is 0 Å². The molecular formula is C15H13Br2ClFNO. The van der Waals surface area contributed by atoms with Gasteiger partial charge in [0.1, 0.15) is 17.3 Å². The van der Waals surface area contributed by atoms with Gasteiger partial charge in [-0.05, 0) is 53.0 Å². The van der Waals surface area contributed by atoms with E-state index < -0.39 is 5.82 Å². The Morgan fingerprint density at radius 2 is 1.95 bits per heavy atom. The minimum absolute atomic E-state index is 0.001000. The summed E-state index contributed by atoms with van der Waals surface area (Å²) < 4.78 is 20.9. The van der Waals surface area contributed by atoms with Crippen molar-refractivity contribution in [2.45, 2.75) is 19.4 Å². The molecule has 0 saturated heterocycles. The van der Waals surface area contributed by atoms with E-state index in [4.69, 9.17) is 22.1 Å². The lowest BCUT2D eigenvalue weighted by Crippen LogP contribution is -2.18. The molecule has 0 aromatic heterocycles. The first-order valence-electron chi connectivity index (χ1n) is 6.23. The minimum Gasteiger partial charge on any atom is -0.456 e. The summed E-state index contributed by atoms with van der Waals surface area (Å²) in [4.78, 5) is 0. The molecule has 6 heteroatoms. The van der Waals surface area contributed by atoms with Gasteiger partial charge in [0.05, 0.1) is 9.50 Å². The molecule has 21 heavy (non-hydrogen) atoms. The third-order valence-corrected chi connectivity index (χ3v) is 4.17. The lowest BCUT2D eigenvalue weighted by Gasteiger charge is -2.14. The van der Waals surface area contributed by atoms with Crippen molar-refractivity contribution in [3.05, 3.63) is 55.7 Å². The number of hydrogen-bond acceptors (Lipinski definition) is 2. The highest BCUT2D eigenvalue weighted by atomic mass is 79.9. The van der Waals surface area contributed by atoms with Crippen LogP contribution in [-0.4, -0.2) is 6.04 Å². The van der Waals surface area contributed by atoms with Crippen molar-refractivity contribution in [1.82, 2.24) is 0 Å². The van der Waals surface area contributed by atoms with Crippen LogP contribution in [0.2, 0.25) is 5.02 Å². The Kier molecular flexibility index (Phi) is 5.66. The molecule has 0 bridgehead atoms. The van der Waals surface area contributed by atoms with E-state index in [1.807, 2.05) is 25.1 Å². The van der Waals surface area contributed by atoms with Gasteiger partial charge in [-0.15, -0.1) is 0 Å². The molecule has 0 fully saturated rings. The van der Waals surface area contributed by atoms with Crippen LogP contribution in [0.15, 0.2) is 39.3 Å². The van der Waals surface area contributed by atoms with E-state index in [9.17, 15) is 4.39 Å². The summed E-state index contributed by atoms with van der Waals surface area (Å²) in [6.45, 7) is 1.92. The van der Waals surface area contributed by atoms with Gasteiger partial charge in [-0.1, -0.05) is 33.6 Å². The van der Waals surface area contributed by atoms with Crippen molar-refractivity contribution in [1.29, 1.82) is 0 Å². The first-order chi connectivity index (χ1) is 9.86. The summed E-state index contributed by atoms with van der Waals surface area (Å²) in [5.41, 5.74) is 6.80. The molecule has 0 spiro atoms. The SMILES string of the molecule is CC(N)Cc1ccc(Br)cc1Oc1cc(F)c(Cl)cc1Br. The number of hydrogen-bond donors (Lipinski definition) is 1. The van der Waals surface area contributed by atoms with Gasteiger partial charge in [-0.2, -0.15) is 0 Å². The van der Waals surface area contributed by atoms with Crippen molar-refractivity contribution in [3.63, 3.8) is 0 Å². The molecule has 1 atom stereocenters. The lowest BCUT2D eigenvalue weighted by atomic mass is 10.1. The Labute approximate surface area is 144 Å². The minimum atomic E-state index is -0.529. The molecule has 0 heterocycles. The smallest absolute Gasteiger partial charge is 0.145 e. The molecule has 2 aromatic rings. The van der Waals surface area contributed by atoms with Gasteiger partial charge in [0.15, 0.2) is 0 Å². The molecule has 0 amide bonds. The van der Waals surface area contributed by atoms with E-state index in [0.717, 1.165) is 10.0 Å². The molecule has 0 aliphatic heterocycles. The molecule has 2 N–H and O–H groups in total. The molecule has 0 saturated carbocycles. The normalized spacial score (nSPS) is 12.3. The van der Waals surface area contributed by atoms with Crippen LogP contribution < -0.4 is 10.5 Å². The zero-order valence-electron chi connectivity index (χ0n) is 11.2. The molecular weight excluding hydrogens is 424 g/mol. The summed E-state index contributed by atoms with van der Waals surface area (Å²) in [6, 6.07) is 8.40. The largest absolute Gasteiger partial charge is 0.456 e. The van der Waals surface area contributed by atoms with Crippen LogP contribution in [0.1, 0.15) is 12.5 Å². The fourth-order valence-electron chi connectivity index (χ4n) is 1.84. The second kappa shape index (κ2) is 7.09. The molecule has 112 valence electrons. The van der Waals surface area contributed by atoms with Crippen molar-refractivity contribution in [2.75, 3.05) is 0 Å². The Hall–Kier alpha value is -0.620. The van der Waals surface area contributed by atoms with Crippen LogP contribution in [0.3, 0.4) is 0 Å². The van der Waals surface area contributed by atoms with E-state index >= 15 is 0 Å². The zero-order chi connectivity index (χ0) is 15.6. The second-order valence-electron chi connectivity index (χ2n) is 4.73. The first-order valence-corrected chi connectivity index (χ1v) is 8.19. The topological polar surface area (TPSA) is 35.2 Å². The monoisotopic (exact) mass is 435 g/mol. The summed E-state index contributed by atoms with van der Waals surface area (Å²) in [5.74, 6) is 0.462. The van der Waals surface area contributed by atoms with Gasteiger partial charge in [-0.25, -0.2) is 4.39 Å². The van der Waals surface area contributed by atoms with Crippen LogP contribution in [-0.2, 0) is 6.42 Å². The van der Waals surface area contributed by atoms with Crippen LogP contribution >= 0.6 is 43.5 Å². The van der Waals surface area contributed by atoms with Crippen LogP contribution in [0, 0.1) is 5.82 Å². The van der Waals surface area contributed by atoms with Gasteiger partial charge >= 0.3 is 0 Å². The predicted molar refractivity (Wildman–Crippen MR) is 90.7 cm³/mol. The Morgan fingerprint density at radius 3 is 2.62 bits per heavy atom. The van der Waals surface area contributed by atoms with Crippen molar-refractivity contribution in [2.24, 2.45) is 5.73 Å². The number of halogens is 4. The maximum absolute atomic E-state index is 13.6. The highest BCUT2D eigenvalue weighted by Gasteiger charge is 2.12. The second-order valence-corrected chi connectivity index (χ2v) is 6.91. The average Bonchev–Trinajstić information content (AvgIpc) is 2.38. The Bertz CT molecular complexity index is 664. The molecule has 2 aromatic carbocycles. The van der Waals surface area contributed by atoms with Crippen LogP contribution in [0.5, 0.6) is 11.5 Å². The number of nitrogens with two attached hydrogens (primary N) is 1. The quantitative estimate of drug-likeness (QED) is 0.624. The van der Waals surface area contributed by atoms with Gasteiger partial charge in [0, 0.05) is 16.6 Å². The third kappa shape index (κ3) is 4.42. The highest BCUT2D eigenvalue weighted by Crippen LogP contribution is 2.36. The summed E-state index contributed by atoms with van der Waals surface area (Å²) >= 11 is 12.5. The molecule has 0 radical (unpaired) electrons. The standard InChI is InChI=1S/C15H13Br2ClFNO/c1-8(20)4-9-2-3-10(16)5-14(9)21-15-7-13(19)12(18)6-11(15)17/h2-3,5-8H,4,20H2,1H3. The number of benzene rings is 2. The first kappa shape index (κ1) is 16.7. The summed E-state index contributed by atoms with van der Waals surface area (Å²) in [7, 11) is 0. The third-order valence-electron chi connectivity index (χ3n) is 2.77. The van der Waals surface area contributed by atoms with Gasteiger partial charge in [0.2, 0.25) is 0 Å². The maximum atomic E-state index is 13.6. The van der Waals surface area contributed by atoms with Crippen LogP contribution in [0.4, 0.5) is 4.39 Å². The van der Waals surface area contributed by atoms with Crippen molar-refractivity contribution < 1.29 is 9.13 Å². The van der Waals surface area contributed by atoms with E-state index in [2.05, 4.69) is 31.9 Å². The van der Waals surface area contributed by atoms with E-state index in [-0.39, 0.29) is 11.1 Å². The van der Waals surface area contributed by atoms with Crippen molar-refractivity contribution in [3.8, 4) is 11.5 Å². The molecule has 0 aliphatic rings. The fraction of sp³-hybridized carbons (Fsp3) is 0.200. The maximum Gasteiger partial charge on any atom is 0.145 e. The zero-order valence-corrected chi connectivity index (χ0v) is 15.1. The van der Waals surface area contributed by atoms with E-state index in [1.165, 1.54) is 12.1 Å². The van der Waals surface area contributed by atoms with Gasteiger partial charge < -0.3 is 10.5 Å². The highest BCUT2D eigenvalue weighted by molar-refractivity contribution is 9.10. The molecule has 2 nitrogen and oxygen atoms in total. The van der Waals surface area contributed by atoms with Crippen LogP contribution in [0.25, 0.3) is 0 Å². The predicted octanol–water partition coefficient (Wildman–Crippen LogP) is 5.69.